The largest absolute Gasteiger partial charge is 0.309 e. The summed E-state index contributed by atoms with van der Waals surface area (Å²) in [6, 6.07) is 79.9. The van der Waals surface area contributed by atoms with E-state index in [1.165, 1.54) is 105 Å². The molecule has 1 heterocycles. The summed E-state index contributed by atoms with van der Waals surface area (Å²) in [5.74, 6) is 0. The van der Waals surface area contributed by atoms with Gasteiger partial charge in [-0.3, -0.25) is 0 Å². The van der Waals surface area contributed by atoms with E-state index in [1.807, 2.05) is 0 Å². The highest BCUT2D eigenvalue weighted by atomic mass is 15.0. The van der Waals surface area contributed by atoms with E-state index in [1.54, 1.807) is 0 Å². The Balaban J connectivity index is 1.12. The van der Waals surface area contributed by atoms with Crippen LogP contribution in [0.15, 0.2) is 212 Å². The van der Waals surface area contributed by atoms with Gasteiger partial charge in [-0.2, -0.15) is 0 Å². The maximum Gasteiger partial charge on any atom is 0.0720 e. The Morgan fingerprint density at radius 2 is 0.825 bits per heavy atom. The third kappa shape index (κ3) is 3.75. The van der Waals surface area contributed by atoms with Crippen molar-refractivity contribution in [2.45, 2.75) is 10.8 Å². The molecule has 0 bridgehead atoms. The lowest BCUT2D eigenvalue weighted by atomic mass is 9.52. The molecule has 0 fully saturated rings. The minimum atomic E-state index is -0.516. The molecule has 1 spiro atoms. The van der Waals surface area contributed by atoms with Crippen LogP contribution in [0.2, 0.25) is 0 Å². The predicted molar refractivity (Wildman–Crippen MR) is 234 cm³/mol. The van der Waals surface area contributed by atoms with E-state index in [0.717, 1.165) is 0 Å². The number of aromatic nitrogens is 1. The summed E-state index contributed by atoms with van der Waals surface area (Å²) in [6.45, 7) is 0. The molecule has 0 radical (unpaired) electrons. The van der Waals surface area contributed by atoms with Crippen LogP contribution in [0.25, 0.3) is 60.9 Å². The molecule has 10 aromatic rings. The fourth-order valence-electron chi connectivity index (χ4n) is 11.4. The average Bonchev–Trinajstić information content (AvgIpc) is 3.89. The van der Waals surface area contributed by atoms with Gasteiger partial charge in [0.1, 0.15) is 0 Å². The van der Waals surface area contributed by atoms with E-state index >= 15 is 0 Å². The first-order valence-corrected chi connectivity index (χ1v) is 20.0. The van der Waals surface area contributed by atoms with E-state index in [4.69, 9.17) is 0 Å². The second kappa shape index (κ2) is 11.2. The first kappa shape index (κ1) is 31.0. The van der Waals surface area contributed by atoms with Crippen LogP contribution in [0, 0.1) is 0 Å². The van der Waals surface area contributed by atoms with Crippen molar-refractivity contribution in [1.29, 1.82) is 0 Å². The molecule has 9 aromatic carbocycles. The van der Waals surface area contributed by atoms with Gasteiger partial charge in [0.05, 0.1) is 21.9 Å². The van der Waals surface area contributed by atoms with E-state index in [0.29, 0.717) is 0 Å². The topological polar surface area (TPSA) is 4.93 Å². The molecule has 0 amide bonds. The summed E-state index contributed by atoms with van der Waals surface area (Å²) in [5, 5.41) is 2.53. The molecule has 57 heavy (non-hydrogen) atoms. The molecule has 0 saturated carbocycles. The standard InChI is InChI=1S/C56H35N/c1-3-16-38(17-4-1)55-46-24-10-8-21-41(46)44-23-15-28-50(54(44)55)56(49-27-13-12-26-48(49)55)47-25-11-7-20-40(47)42-32-30-37(35-51(42)56)36-31-33-53-45(34-36)43-22-9-14-29-52(43)57(53)39-18-5-2-6-19-39/h1-35H. The van der Waals surface area contributed by atoms with E-state index in [2.05, 4.69) is 217 Å². The first-order valence-electron chi connectivity index (χ1n) is 20.0. The highest BCUT2D eigenvalue weighted by molar-refractivity contribution is 6.10. The zero-order chi connectivity index (χ0) is 37.3. The molecule has 1 nitrogen and oxygen atoms in total. The summed E-state index contributed by atoms with van der Waals surface area (Å²) in [4.78, 5) is 0. The number of hydrogen-bond donors (Lipinski definition) is 0. The van der Waals surface area contributed by atoms with Crippen LogP contribution in [0.5, 0.6) is 0 Å². The first-order chi connectivity index (χ1) is 28.3. The van der Waals surface area contributed by atoms with Crippen LogP contribution in [-0.4, -0.2) is 4.57 Å². The van der Waals surface area contributed by atoms with Gasteiger partial charge in [-0.05, 0) is 114 Å². The van der Waals surface area contributed by atoms with E-state index < -0.39 is 10.8 Å². The number of fused-ring (bicyclic) bond motifs is 15. The smallest absolute Gasteiger partial charge is 0.0720 e. The molecule has 3 aliphatic rings. The van der Waals surface area contributed by atoms with Crippen LogP contribution in [-0.2, 0) is 10.8 Å². The normalized spacial score (nSPS) is 18.0. The lowest BCUT2D eigenvalue weighted by molar-refractivity contribution is 0.636. The minimum absolute atomic E-state index is 0.446. The summed E-state index contributed by atoms with van der Waals surface area (Å²) in [6.07, 6.45) is 0. The number of rotatable bonds is 3. The van der Waals surface area contributed by atoms with Crippen LogP contribution in [0.1, 0.15) is 44.5 Å². The molecular weight excluding hydrogens is 687 g/mol. The molecule has 0 saturated heterocycles. The van der Waals surface area contributed by atoms with Gasteiger partial charge >= 0.3 is 0 Å². The zero-order valence-corrected chi connectivity index (χ0v) is 31.2. The van der Waals surface area contributed by atoms with E-state index in [-0.39, 0.29) is 0 Å². The van der Waals surface area contributed by atoms with Crippen molar-refractivity contribution in [3.63, 3.8) is 0 Å². The van der Waals surface area contributed by atoms with Crippen molar-refractivity contribution in [2.75, 3.05) is 0 Å². The van der Waals surface area contributed by atoms with Gasteiger partial charge in [-0.25, -0.2) is 0 Å². The second-order valence-electron chi connectivity index (χ2n) is 15.9. The van der Waals surface area contributed by atoms with Crippen molar-refractivity contribution >= 4 is 21.8 Å². The second-order valence-corrected chi connectivity index (χ2v) is 15.9. The summed E-state index contributed by atoms with van der Waals surface area (Å²) in [7, 11) is 0. The molecule has 1 heteroatoms. The third-order valence-corrected chi connectivity index (χ3v) is 13.5. The molecule has 2 unspecified atom stereocenters. The van der Waals surface area contributed by atoms with Crippen LogP contribution < -0.4 is 0 Å². The quantitative estimate of drug-likeness (QED) is 0.171. The van der Waals surface area contributed by atoms with Crippen molar-refractivity contribution in [3.05, 3.63) is 257 Å². The molecule has 264 valence electrons. The fourth-order valence-corrected chi connectivity index (χ4v) is 11.4. The maximum atomic E-state index is 2.53. The number of hydrogen-bond acceptors (Lipinski definition) is 0. The Labute approximate surface area is 331 Å². The summed E-state index contributed by atoms with van der Waals surface area (Å²) in [5.41, 5.74) is 21.3. The highest BCUT2D eigenvalue weighted by Crippen LogP contribution is 2.68. The zero-order valence-electron chi connectivity index (χ0n) is 31.2. The molecule has 1 aromatic heterocycles. The predicted octanol–water partition coefficient (Wildman–Crippen LogP) is 13.5. The van der Waals surface area contributed by atoms with Crippen molar-refractivity contribution in [3.8, 4) is 39.1 Å². The Bertz CT molecular complexity index is 3300. The fraction of sp³-hybridized carbons (Fsp3) is 0.0357. The maximum absolute atomic E-state index is 2.53. The van der Waals surface area contributed by atoms with Gasteiger partial charge in [-0.1, -0.05) is 176 Å². The van der Waals surface area contributed by atoms with Crippen LogP contribution >= 0.6 is 0 Å². The van der Waals surface area contributed by atoms with Crippen LogP contribution in [0.4, 0.5) is 0 Å². The summed E-state index contributed by atoms with van der Waals surface area (Å²) < 4.78 is 2.40. The number of para-hydroxylation sites is 2. The number of benzene rings is 9. The Kier molecular flexibility index (Phi) is 6.09. The van der Waals surface area contributed by atoms with Crippen molar-refractivity contribution in [2.24, 2.45) is 0 Å². The van der Waals surface area contributed by atoms with Crippen LogP contribution in [0.3, 0.4) is 0 Å². The minimum Gasteiger partial charge on any atom is -0.309 e. The highest BCUT2D eigenvalue weighted by Gasteiger charge is 2.59. The lowest BCUT2D eigenvalue weighted by Crippen LogP contribution is -2.43. The van der Waals surface area contributed by atoms with Gasteiger partial charge in [-0.15, -0.1) is 0 Å². The molecule has 0 aliphatic heterocycles. The van der Waals surface area contributed by atoms with Gasteiger partial charge in [0, 0.05) is 16.5 Å². The third-order valence-electron chi connectivity index (χ3n) is 13.5. The molecular formula is C56H35N. The SMILES string of the molecule is c1ccc(-n2c3ccccc3c3cc(-c4ccc5c(c4)C4(c6ccccc6-5)c5ccccc5C5(c6ccccc6)c6ccccc6-c6cccc4c65)ccc32)cc1. The molecule has 0 N–H and O–H groups in total. The van der Waals surface area contributed by atoms with Crippen molar-refractivity contribution < 1.29 is 0 Å². The molecule has 13 rings (SSSR count). The van der Waals surface area contributed by atoms with Gasteiger partial charge < -0.3 is 4.57 Å². The molecule has 3 aliphatic carbocycles. The number of nitrogens with zero attached hydrogens (tertiary/aromatic N) is 1. The lowest BCUT2D eigenvalue weighted by Gasteiger charge is -2.48. The van der Waals surface area contributed by atoms with Gasteiger partial charge in [0.2, 0.25) is 0 Å². The molecule has 2 atom stereocenters. The Morgan fingerprint density at radius 1 is 0.298 bits per heavy atom. The van der Waals surface area contributed by atoms with E-state index in [9.17, 15) is 0 Å². The van der Waals surface area contributed by atoms with Crippen molar-refractivity contribution in [1.82, 2.24) is 4.57 Å². The van der Waals surface area contributed by atoms with Gasteiger partial charge in [0.25, 0.3) is 0 Å². The van der Waals surface area contributed by atoms with Gasteiger partial charge in [0.15, 0.2) is 0 Å². The Hall–Kier alpha value is -7.22. The summed E-state index contributed by atoms with van der Waals surface area (Å²) >= 11 is 0. The average molecular weight is 722 g/mol. The Morgan fingerprint density at radius 3 is 1.61 bits per heavy atom. The monoisotopic (exact) mass is 721 g/mol.